The van der Waals surface area contributed by atoms with Gasteiger partial charge >= 0.3 is 0 Å². The van der Waals surface area contributed by atoms with Crippen molar-refractivity contribution in [3.63, 3.8) is 0 Å². The molecule has 1 N–H and O–H groups in total. The molecule has 0 spiro atoms. The van der Waals surface area contributed by atoms with Gasteiger partial charge < -0.3 is 0 Å². The van der Waals surface area contributed by atoms with Gasteiger partial charge in [0.25, 0.3) is 11.3 Å². The summed E-state index contributed by atoms with van der Waals surface area (Å²) in [4.78, 5) is 26.4. The molecule has 0 saturated heterocycles. The van der Waals surface area contributed by atoms with Crippen molar-refractivity contribution in [3.05, 3.63) is 51.4 Å². The molecule has 8 heteroatoms. The quantitative estimate of drug-likeness (QED) is 0.564. The number of nitrogens with one attached hydrogen (secondary N) is 1. The van der Waals surface area contributed by atoms with Crippen LogP contribution in [-0.4, -0.2) is 36.3 Å². The number of ketones is 1. The van der Waals surface area contributed by atoms with E-state index in [9.17, 15) is 9.59 Å². The molecule has 0 bridgehead atoms. The SMILES string of the molecule is Cc1nn2c(SCC(=O)c3ccc(C(C)C)cc3)nnc2[nH]c1=O. The van der Waals surface area contributed by atoms with Gasteiger partial charge in [-0.05, 0) is 18.4 Å². The molecule has 0 aliphatic carbocycles. The molecule has 2 aromatic heterocycles. The van der Waals surface area contributed by atoms with Crippen molar-refractivity contribution in [2.75, 3.05) is 5.75 Å². The van der Waals surface area contributed by atoms with Crippen LogP contribution in [0, 0.1) is 6.92 Å². The third-order valence-electron chi connectivity index (χ3n) is 3.65. The Bertz CT molecular complexity index is 943. The summed E-state index contributed by atoms with van der Waals surface area (Å²) in [6.45, 7) is 5.83. The summed E-state index contributed by atoms with van der Waals surface area (Å²) in [7, 11) is 0. The molecule has 1 aromatic carbocycles. The summed E-state index contributed by atoms with van der Waals surface area (Å²) in [5, 5.41) is 12.4. The normalized spacial score (nSPS) is 11.3. The second kappa shape index (κ2) is 6.56. The van der Waals surface area contributed by atoms with Gasteiger partial charge in [0.2, 0.25) is 5.16 Å². The zero-order chi connectivity index (χ0) is 17.3. The lowest BCUT2D eigenvalue weighted by atomic mass is 10.0. The predicted molar refractivity (Wildman–Crippen MR) is 91.7 cm³/mol. The molecule has 0 radical (unpaired) electrons. The number of Topliss-reactive ketones (excluding diaryl/α,β-unsaturated/α-hetero) is 1. The molecule has 0 fully saturated rings. The van der Waals surface area contributed by atoms with Crippen LogP contribution in [0.5, 0.6) is 0 Å². The number of carbonyl (C=O) groups is 1. The number of aryl methyl sites for hydroxylation is 1. The van der Waals surface area contributed by atoms with Crippen LogP contribution >= 0.6 is 11.8 Å². The number of aromatic nitrogens is 5. The largest absolute Gasteiger partial charge is 0.293 e. The van der Waals surface area contributed by atoms with Crippen LogP contribution < -0.4 is 5.56 Å². The summed E-state index contributed by atoms with van der Waals surface area (Å²) in [5.74, 6) is 0.930. The predicted octanol–water partition coefficient (Wildman–Crippen LogP) is 2.22. The zero-order valence-corrected chi connectivity index (χ0v) is 14.4. The second-order valence-electron chi connectivity index (χ2n) is 5.75. The Morgan fingerprint density at radius 2 is 1.96 bits per heavy atom. The van der Waals surface area contributed by atoms with Gasteiger partial charge in [0.05, 0.1) is 5.75 Å². The third kappa shape index (κ3) is 3.23. The highest BCUT2D eigenvalue weighted by Gasteiger charge is 2.13. The van der Waals surface area contributed by atoms with E-state index in [1.165, 1.54) is 21.8 Å². The molecule has 0 amide bonds. The fraction of sp³-hybridized carbons (Fsp3) is 0.312. The highest BCUT2D eigenvalue weighted by atomic mass is 32.2. The van der Waals surface area contributed by atoms with Crippen molar-refractivity contribution in [1.29, 1.82) is 0 Å². The van der Waals surface area contributed by atoms with Gasteiger partial charge in [0, 0.05) is 5.56 Å². The van der Waals surface area contributed by atoms with Crippen LogP contribution in [0.4, 0.5) is 0 Å². The van der Waals surface area contributed by atoms with Crippen molar-refractivity contribution in [2.24, 2.45) is 0 Å². The van der Waals surface area contributed by atoms with Crippen molar-refractivity contribution >= 4 is 23.3 Å². The van der Waals surface area contributed by atoms with E-state index in [0.717, 1.165) is 0 Å². The molecule has 0 aliphatic heterocycles. The molecule has 24 heavy (non-hydrogen) atoms. The number of fused-ring (bicyclic) bond motifs is 1. The standard InChI is InChI=1S/C16H17N5O2S/c1-9(2)11-4-6-12(7-5-11)13(22)8-24-16-19-18-15-17-14(23)10(3)20-21(15)16/h4-7,9H,8H2,1-3H3,(H,17,18,23). The lowest BCUT2D eigenvalue weighted by molar-refractivity contribution is 0.102. The number of benzene rings is 1. The number of hydrogen-bond acceptors (Lipinski definition) is 6. The van der Waals surface area contributed by atoms with Gasteiger partial charge in [-0.15, -0.1) is 10.2 Å². The summed E-state index contributed by atoms with van der Waals surface area (Å²) < 4.78 is 1.44. The number of hydrogen-bond donors (Lipinski definition) is 1. The minimum Gasteiger partial charge on any atom is -0.293 e. The van der Waals surface area contributed by atoms with E-state index in [-0.39, 0.29) is 22.9 Å². The smallest absolute Gasteiger partial charge is 0.273 e. The summed E-state index contributed by atoms with van der Waals surface area (Å²) >= 11 is 1.24. The first kappa shape index (κ1) is 16.4. The highest BCUT2D eigenvalue weighted by molar-refractivity contribution is 7.99. The molecular weight excluding hydrogens is 326 g/mol. The summed E-state index contributed by atoms with van der Waals surface area (Å²) in [6, 6.07) is 7.65. The molecule has 7 nitrogen and oxygen atoms in total. The maximum Gasteiger partial charge on any atom is 0.273 e. The molecule has 0 aliphatic rings. The molecule has 0 unspecified atom stereocenters. The molecule has 2 heterocycles. The fourth-order valence-corrected chi connectivity index (χ4v) is 2.95. The average molecular weight is 343 g/mol. The number of H-pyrrole nitrogens is 1. The molecule has 3 rings (SSSR count). The highest BCUT2D eigenvalue weighted by Crippen LogP contribution is 2.19. The van der Waals surface area contributed by atoms with Crippen molar-refractivity contribution in [3.8, 4) is 0 Å². The Morgan fingerprint density at radius 1 is 1.25 bits per heavy atom. The van der Waals surface area contributed by atoms with Gasteiger partial charge in [0.1, 0.15) is 5.69 Å². The van der Waals surface area contributed by atoms with E-state index in [1.54, 1.807) is 6.92 Å². The van der Waals surface area contributed by atoms with Crippen molar-refractivity contribution in [1.82, 2.24) is 24.8 Å². The zero-order valence-electron chi connectivity index (χ0n) is 13.6. The first-order valence-electron chi connectivity index (χ1n) is 7.54. The number of aromatic amines is 1. The van der Waals surface area contributed by atoms with Gasteiger partial charge in [-0.3, -0.25) is 14.6 Å². The molecule has 124 valence electrons. The lowest BCUT2D eigenvalue weighted by Crippen LogP contribution is -2.15. The van der Waals surface area contributed by atoms with Crippen LogP contribution in [0.3, 0.4) is 0 Å². The first-order valence-corrected chi connectivity index (χ1v) is 8.52. The van der Waals surface area contributed by atoms with Crippen molar-refractivity contribution < 1.29 is 4.79 Å². The Kier molecular flexibility index (Phi) is 4.48. The fourth-order valence-electron chi connectivity index (χ4n) is 2.18. The van der Waals surface area contributed by atoms with Crippen LogP contribution in [0.1, 0.15) is 41.4 Å². The summed E-state index contributed by atoms with van der Waals surface area (Å²) in [6.07, 6.45) is 0. The Balaban J connectivity index is 1.74. The van der Waals surface area contributed by atoms with E-state index < -0.39 is 0 Å². The minimum absolute atomic E-state index is 0.00760. The molecule has 3 aromatic rings. The number of carbonyl (C=O) groups excluding carboxylic acids is 1. The van der Waals surface area contributed by atoms with Crippen molar-refractivity contribution in [2.45, 2.75) is 31.8 Å². The van der Waals surface area contributed by atoms with E-state index in [0.29, 0.717) is 22.3 Å². The Hall–Kier alpha value is -2.48. The van der Waals surface area contributed by atoms with E-state index in [4.69, 9.17) is 0 Å². The molecular formula is C16H17N5O2S. The Morgan fingerprint density at radius 3 is 2.62 bits per heavy atom. The first-order chi connectivity index (χ1) is 11.5. The lowest BCUT2D eigenvalue weighted by Gasteiger charge is -2.06. The topological polar surface area (TPSA) is 93.0 Å². The Labute approximate surface area is 142 Å². The molecule has 0 saturated carbocycles. The number of rotatable bonds is 5. The van der Waals surface area contributed by atoms with E-state index in [1.807, 2.05) is 24.3 Å². The second-order valence-corrected chi connectivity index (χ2v) is 6.69. The molecule has 0 atom stereocenters. The van der Waals surface area contributed by atoms with E-state index >= 15 is 0 Å². The minimum atomic E-state index is -0.298. The monoisotopic (exact) mass is 343 g/mol. The van der Waals surface area contributed by atoms with Crippen LogP contribution in [0.25, 0.3) is 5.78 Å². The maximum atomic E-state index is 12.3. The summed E-state index contributed by atoms with van der Waals surface area (Å²) in [5.41, 5.74) is 1.89. The van der Waals surface area contributed by atoms with Crippen LogP contribution in [-0.2, 0) is 0 Å². The van der Waals surface area contributed by atoms with E-state index in [2.05, 4.69) is 34.1 Å². The van der Waals surface area contributed by atoms with Gasteiger partial charge in [0.15, 0.2) is 5.78 Å². The van der Waals surface area contributed by atoms with Gasteiger partial charge in [-0.25, -0.2) is 0 Å². The van der Waals surface area contributed by atoms with Gasteiger partial charge in [-0.2, -0.15) is 9.61 Å². The van der Waals surface area contributed by atoms with Crippen LogP contribution in [0.2, 0.25) is 0 Å². The van der Waals surface area contributed by atoms with Crippen LogP contribution in [0.15, 0.2) is 34.2 Å². The third-order valence-corrected chi connectivity index (χ3v) is 4.57. The van der Waals surface area contributed by atoms with Gasteiger partial charge in [-0.1, -0.05) is 49.9 Å². The number of nitrogens with zero attached hydrogens (tertiary/aromatic N) is 4. The maximum absolute atomic E-state index is 12.3. The average Bonchev–Trinajstić information content (AvgIpc) is 2.95. The number of thioether (sulfide) groups is 1.